The zero-order valence-corrected chi connectivity index (χ0v) is 9.22. The molecule has 2 rings (SSSR count). The first-order valence-corrected chi connectivity index (χ1v) is 5.37. The van der Waals surface area contributed by atoms with E-state index in [4.69, 9.17) is 4.74 Å². The van der Waals surface area contributed by atoms with Gasteiger partial charge in [0.15, 0.2) is 0 Å². The van der Waals surface area contributed by atoms with E-state index in [9.17, 15) is 9.90 Å². The first kappa shape index (κ1) is 11.0. The number of benzene rings is 1. The van der Waals surface area contributed by atoms with Gasteiger partial charge in [0.05, 0.1) is 24.8 Å². The number of rotatable bonds is 1. The summed E-state index contributed by atoms with van der Waals surface area (Å²) in [6, 6.07) is 6.67. The van der Waals surface area contributed by atoms with Crippen molar-refractivity contribution in [3.8, 4) is 5.75 Å². The maximum Gasteiger partial charge on any atom is 0.258 e. The second-order valence-electron chi connectivity index (χ2n) is 3.94. The van der Waals surface area contributed by atoms with Crippen LogP contribution in [0.5, 0.6) is 5.75 Å². The van der Waals surface area contributed by atoms with Crippen LogP contribution in [0.15, 0.2) is 24.3 Å². The predicted molar refractivity (Wildman–Crippen MR) is 59.4 cm³/mol. The molecule has 1 unspecified atom stereocenters. The second kappa shape index (κ2) is 4.53. The van der Waals surface area contributed by atoms with E-state index in [2.05, 4.69) is 0 Å². The first-order valence-electron chi connectivity index (χ1n) is 5.37. The molecule has 0 saturated carbocycles. The fourth-order valence-electron chi connectivity index (χ4n) is 1.84. The minimum atomic E-state index is -0.131. The number of amides is 1. The molecule has 1 saturated heterocycles. The molecule has 4 nitrogen and oxygen atoms in total. The van der Waals surface area contributed by atoms with Crippen LogP contribution in [0.3, 0.4) is 0 Å². The summed E-state index contributed by atoms with van der Waals surface area (Å²) in [6.07, 6.45) is 0. The molecule has 0 aromatic heterocycles. The van der Waals surface area contributed by atoms with Crippen molar-refractivity contribution in [3.05, 3.63) is 29.8 Å². The number of hydrogen-bond donors (Lipinski definition) is 1. The summed E-state index contributed by atoms with van der Waals surface area (Å²) in [4.78, 5) is 13.9. The van der Waals surface area contributed by atoms with Crippen LogP contribution in [0.25, 0.3) is 0 Å². The van der Waals surface area contributed by atoms with Gasteiger partial charge in [0.1, 0.15) is 5.75 Å². The zero-order chi connectivity index (χ0) is 11.5. The quantitative estimate of drug-likeness (QED) is 0.776. The van der Waals surface area contributed by atoms with Crippen molar-refractivity contribution >= 4 is 5.91 Å². The van der Waals surface area contributed by atoms with Crippen molar-refractivity contribution in [2.24, 2.45) is 0 Å². The summed E-state index contributed by atoms with van der Waals surface area (Å²) in [5, 5.41) is 9.62. The number of carbonyl (C=O) groups is 1. The highest BCUT2D eigenvalue weighted by atomic mass is 16.5. The van der Waals surface area contributed by atoms with Crippen molar-refractivity contribution in [3.63, 3.8) is 0 Å². The van der Waals surface area contributed by atoms with Crippen molar-refractivity contribution < 1.29 is 14.6 Å². The highest BCUT2D eigenvalue weighted by Crippen LogP contribution is 2.20. The number of para-hydroxylation sites is 1. The molecular formula is C12H15NO3. The molecule has 1 aliphatic rings. The molecule has 1 fully saturated rings. The molecule has 0 spiro atoms. The highest BCUT2D eigenvalue weighted by Gasteiger charge is 2.25. The molecule has 86 valence electrons. The van der Waals surface area contributed by atoms with Gasteiger partial charge in [-0.15, -0.1) is 0 Å². The largest absolute Gasteiger partial charge is 0.507 e. The van der Waals surface area contributed by atoms with Crippen LogP contribution in [-0.2, 0) is 4.74 Å². The number of carbonyl (C=O) groups excluding carboxylic acids is 1. The summed E-state index contributed by atoms with van der Waals surface area (Å²) in [5.41, 5.74) is 0.358. The summed E-state index contributed by atoms with van der Waals surface area (Å²) in [6.45, 7) is 3.63. The number of ether oxygens (including phenoxy) is 1. The fraction of sp³-hybridized carbons (Fsp3) is 0.417. The van der Waals surface area contributed by atoms with Gasteiger partial charge in [-0.1, -0.05) is 12.1 Å². The van der Waals surface area contributed by atoms with E-state index in [-0.39, 0.29) is 17.7 Å². The number of nitrogens with zero attached hydrogens (tertiary/aromatic N) is 1. The molecule has 1 aliphatic heterocycles. The van der Waals surface area contributed by atoms with E-state index in [1.807, 2.05) is 6.92 Å². The van der Waals surface area contributed by atoms with Crippen molar-refractivity contribution in [1.82, 2.24) is 4.90 Å². The lowest BCUT2D eigenvalue weighted by atomic mass is 10.1. The summed E-state index contributed by atoms with van der Waals surface area (Å²) in [7, 11) is 0. The Hall–Kier alpha value is -1.55. The van der Waals surface area contributed by atoms with Crippen LogP contribution in [-0.4, -0.2) is 41.7 Å². The van der Waals surface area contributed by atoms with Gasteiger partial charge < -0.3 is 14.7 Å². The number of hydrogen-bond acceptors (Lipinski definition) is 3. The molecule has 0 aliphatic carbocycles. The smallest absolute Gasteiger partial charge is 0.258 e. The number of morpholine rings is 1. The molecule has 1 heterocycles. The van der Waals surface area contributed by atoms with Gasteiger partial charge in [-0.05, 0) is 19.1 Å². The monoisotopic (exact) mass is 221 g/mol. The molecule has 4 heteroatoms. The second-order valence-corrected chi connectivity index (χ2v) is 3.94. The Morgan fingerprint density at radius 2 is 2.25 bits per heavy atom. The molecule has 16 heavy (non-hydrogen) atoms. The van der Waals surface area contributed by atoms with Gasteiger partial charge in [-0.25, -0.2) is 0 Å². The van der Waals surface area contributed by atoms with Gasteiger partial charge in [-0.3, -0.25) is 4.79 Å². The van der Waals surface area contributed by atoms with Crippen LogP contribution in [0, 0.1) is 0 Å². The number of phenolic OH excluding ortho intramolecular Hbond substituents is 1. The normalized spacial score (nSPS) is 20.8. The van der Waals surface area contributed by atoms with Gasteiger partial charge in [0.2, 0.25) is 0 Å². The molecule has 1 aromatic rings. The van der Waals surface area contributed by atoms with E-state index in [1.165, 1.54) is 6.07 Å². The zero-order valence-electron chi connectivity index (χ0n) is 9.22. The first-order chi connectivity index (χ1) is 7.70. The lowest BCUT2D eigenvalue weighted by Gasteiger charge is -2.33. The maximum absolute atomic E-state index is 12.1. The van der Waals surface area contributed by atoms with Gasteiger partial charge in [-0.2, -0.15) is 0 Å². The van der Waals surface area contributed by atoms with E-state index >= 15 is 0 Å². The van der Waals surface area contributed by atoms with Crippen LogP contribution in [0.2, 0.25) is 0 Å². The van der Waals surface area contributed by atoms with Gasteiger partial charge >= 0.3 is 0 Å². The number of aromatic hydroxyl groups is 1. The highest BCUT2D eigenvalue weighted by molar-refractivity contribution is 5.97. The lowest BCUT2D eigenvalue weighted by Crippen LogP contribution is -2.47. The topological polar surface area (TPSA) is 49.8 Å². The van der Waals surface area contributed by atoms with Crippen LogP contribution in [0.1, 0.15) is 17.3 Å². The molecule has 1 N–H and O–H groups in total. The van der Waals surface area contributed by atoms with Crippen molar-refractivity contribution in [2.75, 3.05) is 19.8 Å². The Balaban J connectivity index is 2.21. The summed E-state index contributed by atoms with van der Waals surface area (Å²) < 4.78 is 5.27. The van der Waals surface area contributed by atoms with Gasteiger partial charge in [0, 0.05) is 6.54 Å². The molecule has 0 bridgehead atoms. The Kier molecular flexibility index (Phi) is 3.10. The predicted octanol–water partition coefficient (Wildman–Crippen LogP) is 1.25. The maximum atomic E-state index is 12.1. The molecule has 1 atom stereocenters. The SMILES string of the molecule is CC1COCCN1C(=O)c1ccccc1O. The van der Waals surface area contributed by atoms with E-state index in [0.29, 0.717) is 25.3 Å². The van der Waals surface area contributed by atoms with Crippen molar-refractivity contribution in [2.45, 2.75) is 13.0 Å². The Morgan fingerprint density at radius 1 is 1.50 bits per heavy atom. The number of phenols is 1. The lowest BCUT2D eigenvalue weighted by molar-refractivity contribution is 0.00345. The third kappa shape index (κ3) is 2.02. The average Bonchev–Trinajstić information content (AvgIpc) is 2.29. The Labute approximate surface area is 94.4 Å². The van der Waals surface area contributed by atoms with E-state index in [1.54, 1.807) is 23.1 Å². The third-order valence-electron chi connectivity index (χ3n) is 2.76. The molecule has 1 amide bonds. The Morgan fingerprint density at radius 3 is 2.94 bits per heavy atom. The Bertz CT molecular complexity index is 392. The van der Waals surface area contributed by atoms with Crippen LogP contribution < -0.4 is 0 Å². The summed E-state index contributed by atoms with van der Waals surface area (Å²) >= 11 is 0. The van der Waals surface area contributed by atoms with Crippen LogP contribution in [0.4, 0.5) is 0 Å². The van der Waals surface area contributed by atoms with Gasteiger partial charge in [0.25, 0.3) is 5.91 Å². The molecular weight excluding hydrogens is 206 g/mol. The fourth-order valence-corrected chi connectivity index (χ4v) is 1.84. The van der Waals surface area contributed by atoms with E-state index < -0.39 is 0 Å². The van der Waals surface area contributed by atoms with Crippen LogP contribution >= 0.6 is 0 Å². The van der Waals surface area contributed by atoms with Crippen molar-refractivity contribution in [1.29, 1.82) is 0 Å². The third-order valence-corrected chi connectivity index (χ3v) is 2.76. The molecule has 1 aromatic carbocycles. The standard InChI is InChI=1S/C12H15NO3/c1-9-8-16-7-6-13(9)12(15)10-4-2-3-5-11(10)14/h2-5,9,14H,6-8H2,1H3. The van der Waals surface area contributed by atoms with E-state index in [0.717, 1.165) is 0 Å². The summed E-state index contributed by atoms with van der Waals surface area (Å²) in [5.74, 6) is -0.0971. The minimum Gasteiger partial charge on any atom is -0.507 e. The average molecular weight is 221 g/mol. The minimum absolute atomic E-state index is 0.0335. The molecule has 0 radical (unpaired) electrons.